The lowest BCUT2D eigenvalue weighted by molar-refractivity contribution is 0.553. The van der Waals surface area contributed by atoms with Gasteiger partial charge in [0.2, 0.25) is 0 Å². The van der Waals surface area contributed by atoms with E-state index in [0.717, 1.165) is 16.9 Å². The Bertz CT molecular complexity index is 792. The number of benzene rings is 1. The van der Waals surface area contributed by atoms with Crippen LogP contribution in [0.4, 0.5) is 3.89 Å². The number of nitriles is 1. The molecule has 0 bridgehead atoms. The predicted molar refractivity (Wildman–Crippen MR) is 73.5 cm³/mol. The van der Waals surface area contributed by atoms with Gasteiger partial charge in [-0.15, -0.1) is 15.2 Å². The Morgan fingerprint density at radius 1 is 1.32 bits per heavy atom. The van der Waals surface area contributed by atoms with E-state index >= 15 is 0 Å². The number of halogens is 1. The number of hydrogen-bond donors (Lipinski definition) is 0. The first-order valence-corrected chi connectivity index (χ1v) is 7.76. The number of thiophene rings is 1. The minimum Gasteiger partial charge on any atom is -0.191 e. The average molecular weight is 297 g/mol. The van der Waals surface area contributed by atoms with Gasteiger partial charge in [0, 0.05) is 10.1 Å². The van der Waals surface area contributed by atoms with Crippen molar-refractivity contribution in [1.29, 1.82) is 5.26 Å². The van der Waals surface area contributed by atoms with Gasteiger partial charge in [-0.05, 0) is 17.0 Å². The first-order chi connectivity index (χ1) is 8.64. The third-order valence-corrected chi connectivity index (χ3v) is 4.95. The Morgan fingerprint density at radius 3 is 2.42 bits per heavy atom. The zero-order valence-corrected chi connectivity index (χ0v) is 12.3. The molecule has 1 heterocycles. The van der Waals surface area contributed by atoms with Crippen molar-refractivity contribution in [1.82, 2.24) is 0 Å². The molecule has 0 aliphatic rings. The first kappa shape index (κ1) is 14.0. The van der Waals surface area contributed by atoms with Crippen molar-refractivity contribution in [3.8, 4) is 6.07 Å². The van der Waals surface area contributed by atoms with Crippen LogP contribution in [0, 0.1) is 11.3 Å². The molecule has 0 saturated heterocycles. The Morgan fingerprint density at radius 2 is 1.95 bits per heavy atom. The summed E-state index contributed by atoms with van der Waals surface area (Å²) in [6.07, 6.45) is 0. The van der Waals surface area contributed by atoms with Crippen molar-refractivity contribution in [3.05, 3.63) is 28.6 Å². The fourth-order valence-electron chi connectivity index (χ4n) is 1.86. The van der Waals surface area contributed by atoms with E-state index in [2.05, 4.69) is 0 Å². The molecule has 0 aliphatic heterocycles. The van der Waals surface area contributed by atoms with Crippen LogP contribution in [0.25, 0.3) is 10.1 Å². The predicted octanol–water partition coefficient (Wildman–Crippen LogP) is 3.73. The van der Waals surface area contributed by atoms with E-state index < -0.39 is 15.1 Å². The maximum Gasteiger partial charge on any atom is 0.334 e. The molecule has 2 aromatic rings. The minimum atomic E-state index is -4.89. The molecule has 0 unspecified atom stereocenters. The molecular formula is C13H12FNO2S2. The van der Waals surface area contributed by atoms with Crippen LogP contribution in [-0.4, -0.2) is 8.42 Å². The van der Waals surface area contributed by atoms with Crippen LogP contribution in [0.3, 0.4) is 0 Å². The molecule has 1 aromatic heterocycles. The van der Waals surface area contributed by atoms with Crippen LogP contribution >= 0.6 is 11.3 Å². The van der Waals surface area contributed by atoms with Crippen molar-refractivity contribution in [2.24, 2.45) is 0 Å². The van der Waals surface area contributed by atoms with Gasteiger partial charge in [0.25, 0.3) is 0 Å². The van der Waals surface area contributed by atoms with E-state index in [1.54, 1.807) is 18.2 Å². The van der Waals surface area contributed by atoms with Gasteiger partial charge >= 0.3 is 10.2 Å². The van der Waals surface area contributed by atoms with E-state index in [-0.39, 0.29) is 15.7 Å². The summed E-state index contributed by atoms with van der Waals surface area (Å²) in [6, 6.07) is 6.90. The van der Waals surface area contributed by atoms with Crippen molar-refractivity contribution in [2.75, 3.05) is 0 Å². The van der Waals surface area contributed by atoms with Crippen molar-refractivity contribution >= 4 is 31.6 Å². The molecule has 0 amide bonds. The Labute approximate surface area is 115 Å². The van der Waals surface area contributed by atoms with E-state index in [4.69, 9.17) is 5.26 Å². The maximum absolute atomic E-state index is 13.3. The summed E-state index contributed by atoms with van der Waals surface area (Å²) in [7, 11) is -4.89. The molecule has 0 spiro atoms. The first-order valence-electron chi connectivity index (χ1n) is 5.56. The van der Waals surface area contributed by atoms with Gasteiger partial charge < -0.3 is 0 Å². The highest BCUT2D eigenvalue weighted by Crippen LogP contribution is 2.37. The Kier molecular flexibility index (Phi) is 3.15. The van der Waals surface area contributed by atoms with Crippen LogP contribution < -0.4 is 0 Å². The van der Waals surface area contributed by atoms with E-state index in [0.29, 0.717) is 4.70 Å². The van der Waals surface area contributed by atoms with Crippen LogP contribution in [0.2, 0.25) is 0 Å². The van der Waals surface area contributed by atoms with Crippen LogP contribution in [0.5, 0.6) is 0 Å². The highest BCUT2D eigenvalue weighted by Gasteiger charge is 2.25. The van der Waals surface area contributed by atoms with Gasteiger partial charge in [0.15, 0.2) is 0 Å². The molecule has 2 rings (SSSR count). The second-order valence-corrected chi connectivity index (χ2v) is 7.61. The second-order valence-electron chi connectivity index (χ2n) is 5.27. The molecule has 0 saturated carbocycles. The topological polar surface area (TPSA) is 57.9 Å². The van der Waals surface area contributed by atoms with E-state index in [1.807, 2.05) is 26.8 Å². The largest absolute Gasteiger partial charge is 0.334 e. The quantitative estimate of drug-likeness (QED) is 0.754. The molecule has 0 N–H and O–H groups in total. The monoisotopic (exact) mass is 297 g/mol. The van der Waals surface area contributed by atoms with Gasteiger partial charge in [0.1, 0.15) is 15.8 Å². The van der Waals surface area contributed by atoms with Crippen molar-refractivity contribution in [2.45, 2.75) is 31.1 Å². The zero-order valence-electron chi connectivity index (χ0n) is 10.7. The SMILES string of the molecule is CC(C)(C)c1ccc2c(S(=O)(=O)F)c(C#N)sc2c1. The molecular weight excluding hydrogens is 285 g/mol. The zero-order chi connectivity index (χ0) is 14.4. The number of nitrogens with zero attached hydrogens (tertiary/aromatic N) is 1. The highest BCUT2D eigenvalue weighted by molar-refractivity contribution is 7.87. The molecule has 1 aromatic carbocycles. The molecule has 0 fully saturated rings. The fraction of sp³-hybridized carbons (Fsp3) is 0.308. The number of hydrogen-bond acceptors (Lipinski definition) is 4. The smallest absolute Gasteiger partial charge is 0.191 e. The third-order valence-electron chi connectivity index (χ3n) is 2.86. The van der Waals surface area contributed by atoms with Gasteiger partial charge in [0.05, 0.1) is 0 Å². The standard InChI is InChI=1S/C13H12FNO2S2/c1-13(2,3)8-4-5-9-10(6-8)18-11(7-15)12(9)19(14,16)17/h4-6H,1-3H3. The van der Waals surface area contributed by atoms with Gasteiger partial charge in [-0.2, -0.15) is 13.7 Å². The van der Waals surface area contributed by atoms with Gasteiger partial charge in [-0.25, -0.2) is 0 Å². The number of rotatable bonds is 1. The van der Waals surface area contributed by atoms with E-state index in [9.17, 15) is 12.3 Å². The van der Waals surface area contributed by atoms with E-state index in [1.165, 1.54) is 0 Å². The normalized spacial score (nSPS) is 12.6. The Balaban J connectivity index is 2.84. The molecule has 0 radical (unpaired) electrons. The maximum atomic E-state index is 13.3. The van der Waals surface area contributed by atoms with Crippen molar-refractivity contribution in [3.63, 3.8) is 0 Å². The molecule has 19 heavy (non-hydrogen) atoms. The summed E-state index contributed by atoms with van der Waals surface area (Å²) < 4.78 is 36.2. The minimum absolute atomic E-state index is 0.0975. The fourth-order valence-corrected chi connectivity index (χ4v) is 3.99. The summed E-state index contributed by atoms with van der Waals surface area (Å²) in [4.78, 5) is -0.612. The van der Waals surface area contributed by atoms with Gasteiger partial charge in [-0.3, -0.25) is 0 Å². The van der Waals surface area contributed by atoms with Crippen molar-refractivity contribution < 1.29 is 12.3 Å². The third kappa shape index (κ3) is 2.48. The summed E-state index contributed by atoms with van der Waals surface area (Å²) >= 11 is 1.00. The number of fused-ring (bicyclic) bond motifs is 1. The molecule has 6 heteroatoms. The molecule has 0 aliphatic carbocycles. The lowest BCUT2D eigenvalue weighted by atomic mass is 9.87. The summed E-state index contributed by atoms with van der Waals surface area (Å²) in [6.45, 7) is 6.08. The Hall–Kier alpha value is -1.45. The highest BCUT2D eigenvalue weighted by atomic mass is 32.3. The summed E-state index contributed by atoms with van der Waals surface area (Å²) in [5.41, 5.74) is 0.910. The molecule has 0 atom stereocenters. The van der Waals surface area contributed by atoms with Crippen LogP contribution in [0.15, 0.2) is 23.1 Å². The van der Waals surface area contributed by atoms with Gasteiger partial charge in [-0.1, -0.05) is 32.9 Å². The van der Waals surface area contributed by atoms with Crippen LogP contribution in [0.1, 0.15) is 31.2 Å². The lowest BCUT2D eigenvalue weighted by Gasteiger charge is -2.18. The summed E-state index contributed by atoms with van der Waals surface area (Å²) in [5.74, 6) is 0. The molecule has 100 valence electrons. The molecule has 3 nitrogen and oxygen atoms in total. The lowest BCUT2D eigenvalue weighted by Crippen LogP contribution is -2.10. The van der Waals surface area contributed by atoms with Crippen LogP contribution in [-0.2, 0) is 15.6 Å². The second kappa shape index (κ2) is 4.29. The average Bonchev–Trinajstić information content (AvgIpc) is 2.64. The summed E-state index contributed by atoms with van der Waals surface area (Å²) in [5, 5.41) is 9.22.